The number of Topliss-reactive ketones (excluding diaryl/α,β-unsaturated/α-hetero) is 1. The Bertz CT molecular complexity index is 1050. The summed E-state index contributed by atoms with van der Waals surface area (Å²) in [6.45, 7) is 1.47. The van der Waals surface area contributed by atoms with Crippen molar-refractivity contribution in [3.8, 4) is 17.2 Å². The first kappa shape index (κ1) is 16.3. The van der Waals surface area contributed by atoms with Crippen molar-refractivity contribution in [2.75, 3.05) is 0 Å². The van der Waals surface area contributed by atoms with E-state index in [2.05, 4.69) is 0 Å². The summed E-state index contributed by atoms with van der Waals surface area (Å²) < 4.78 is 0. The lowest BCUT2D eigenvalue weighted by Crippen LogP contribution is -2.36. The van der Waals surface area contributed by atoms with Gasteiger partial charge in [0.25, 0.3) is 0 Å². The van der Waals surface area contributed by atoms with Gasteiger partial charge in [-0.3, -0.25) is 14.4 Å². The number of carbonyl (C=O) groups is 3. The normalized spacial score (nSPS) is 21.2. The minimum atomic E-state index is -1.32. The van der Waals surface area contributed by atoms with E-state index in [4.69, 9.17) is 0 Å². The van der Waals surface area contributed by atoms with Gasteiger partial charge in [-0.25, -0.2) is 0 Å². The third kappa shape index (κ3) is 2.07. The predicted molar refractivity (Wildman–Crippen MR) is 88.0 cm³/mol. The Morgan fingerprint density at radius 3 is 2.19 bits per heavy atom. The maximum Gasteiger partial charge on any atom is 0.201 e. The van der Waals surface area contributed by atoms with Crippen LogP contribution in [0.25, 0.3) is 0 Å². The molecule has 7 nitrogen and oxygen atoms in total. The number of hydrogen-bond donors (Lipinski definition) is 4. The number of phenols is 3. The summed E-state index contributed by atoms with van der Waals surface area (Å²) in [5.41, 5.74) is -2.12. The van der Waals surface area contributed by atoms with E-state index in [1.165, 1.54) is 13.0 Å². The van der Waals surface area contributed by atoms with Crippen LogP contribution in [0.1, 0.15) is 61.1 Å². The highest BCUT2D eigenvalue weighted by Crippen LogP contribution is 2.43. The van der Waals surface area contributed by atoms with Crippen LogP contribution in [-0.4, -0.2) is 43.4 Å². The topological polar surface area (TPSA) is 132 Å². The van der Waals surface area contributed by atoms with E-state index in [0.29, 0.717) is 0 Å². The summed E-state index contributed by atoms with van der Waals surface area (Å²) in [5, 5.41) is 40.4. The van der Waals surface area contributed by atoms with Crippen molar-refractivity contribution in [3.05, 3.63) is 51.6 Å². The van der Waals surface area contributed by atoms with Gasteiger partial charge >= 0.3 is 0 Å². The van der Waals surface area contributed by atoms with E-state index in [0.717, 1.165) is 12.1 Å². The highest BCUT2D eigenvalue weighted by Gasteiger charge is 2.41. The van der Waals surface area contributed by atoms with E-state index < -0.39 is 34.4 Å². The lowest BCUT2D eigenvalue weighted by Gasteiger charge is -2.31. The van der Waals surface area contributed by atoms with Gasteiger partial charge in [0.1, 0.15) is 17.2 Å². The Labute approximate surface area is 147 Å². The number of ketones is 3. The fourth-order valence-corrected chi connectivity index (χ4v) is 3.79. The van der Waals surface area contributed by atoms with Crippen LogP contribution in [0, 0.1) is 0 Å². The predicted octanol–water partition coefficient (Wildman–Crippen LogP) is 1.46. The number of aromatic hydroxyl groups is 3. The van der Waals surface area contributed by atoms with Crippen LogP contribution in [0.15, 0.2) is 18.2 Å². The van der Waals surface area contributed by atoms with E-state index >= 15 is 0 Å². The average Bonchev–Trinajstić information content (AvgIpc) is 2.49. The Balaban J connectivity index is 2.03. The number of fused-ring (bicyclic) bond motifs is 3. The van der Waals surface area contributed by atoms with Crippen LogP contribution in [0.4, 0.5) is 0 Å². The molecule has 4 rings (SSSR count). The van der Waals surface area contributed by atoms with Gasteiger partial charge in [-0.1, -0.05) is 0 Å². The molecule has 0 amide bonds. The second-order valence-electron chi connectivity index (χ2n) is 7.00. The van der Waals surface area contributed by atoms with Crippen molar-refractivity contribution in [2.24, 2.45) is 0 Å². The van der Waals surface area contributed by atoms with Crippen LogP contribution in [-0.2, 0) is 6.42 Å². The van der Waals surface area contributed by atoms with Crippen molar-refractivity contribution in [1.29, 1.82) is 0 Å². The Kier molecular flexibility index (Phi) is 3.08. The maximum atomic E-state index is 12.8. The standard InChI is InChI=1S/C19H14O7/c1-19(26)5-7-2-9-15(17(24)13(7)12(22)6-19)18(25)14-10(16(9)23)3-8(20)4-11(14)21/h2-4,20-21,24,26H,5-6H2,1H3/t19-/m1/s1. The SMILES string of the molecule is C[C@]1(O)CC(=O)c2c(cc3c(c2O)C(=O)c2c(O)cc(O)cc2C3=O)C1. The summed E-state index contributed by atoms with van der Waals surface area (Å²) >= 11 is 0. The molecule has 2 aliphatic rings. The first-order valence-electron chi connectivity index (χ1n) is 7.90. The number of carbonyl (C=O) groups excluding carboxylic acids is 3. The molecule has 0 saturated carbocycles. The molecule has 2 aromatic carbocycles. The number of hydrogen-bond acceptors (Lipinski definition) is 7. The lowest BCUT2D eigenvalue weighted by atomic mass is 9.75. The second-order valence-corrected chi connectivity index (χ2v) is 7.00. The fourth-order valence-electron chi connectivity index (χ4n) is 3.79. The van der Waals surface area contributed by atoms with Gasteiger partial charge in [-0.2, -0.15) is 0 Å². The van der Waals surface area contributed by atoms with Gasteiger partial charge in [0, 0.05) is 30.0 Å². The van der Waals surface area contributed by atoms with Crippen LogP contribution < -0.4 is 0 Å². The molecule has 0 radical (unpaired) electrons. The van der Waals surface area contributed by atoms with Crippen LogP contribution >= 0.6 is 0 Å². The molecule has 0 aromatic heterocycles. The van der Waals surface area contributed by atoms with Crippen molar-refractivity contribution in [1.82, 2.24) is 0 Å². The monoisotopic (exact) mass is 354 g/mol. The minimum absolute atomic E-state index is 0.0362. The molecule has 7 heteroatoms. The van der Waals surface area contributed by atoms with Gasteiger partial charge in [-0.05, 0) is 24.6 Å². The molecule has 26 heavy (non-hydrogen) atoms. The summed E-state index contributed by atoms with van der Waals surface area (Å²) in [5.74, 6) is -3.59. The zero-order valence-corrected chi connectivity index (χ0v) is 13.7. The molecule has 1 atom stereocenters. The number of phenolic OH excluding ortho intramolecular Hbond substituents is 3. The molecule has 0 aliphatic heterocycles. The van der Waals surface area contributed by atoms with Crippen molar-refractivity contribution in [2.45, 2.75) is 25.4 Å². The van der Waals surface area contributed by atoms with E-state index in [1.54, 1.807) is 0 Å². The molecule has 4 N–H and O–H groups in total. The molecular weight excluding hydrogens is 340 g/mol. The van der Waals surface area contributed by atoms with Crippen molar-refractivity contribution in [3.63, 3.8) is 0 Å². The smallest absolute Gasteiger partial charge is 0.201 e. The summed E-state index contributed by atoms with van der Waals surface area (Å²) in [4.78, 5) is 38.0. The zero-order valence-electron chi connectivity index (χ0n) is 13.7. The van der Waals surface area contributed by atoms with Gasteiger partial charge < -0.3 is 20.4 Å². The van der Waals surface area contributed by atoms with Crippen LogP contribution in [0.2, 0.25) is 0 Å². The largest absolute Gasteiger partial charge is 0.508 e. The Morgan fingerprint density at radius 1 is 0.846 bits per heavy atom. The molecule has 132 valence electrons. The van der Waals surface area contributed by atoms with Gasteiger partial charge in [0.2, 0.25) is 5.78 Å². The second kappa shape index (κ2) is 4.92. The molecule has 0 bridgehead atoms. The maximum absolute atomic E-state index is 12.8. The first-order chi connectivity index (χ1) is 12.1. The average molecular weight is 354 g/mol. The van der Waals surface area contributed by atoms with E-state index in [1.807, 2.05) is 0 Å². The zero-order chi connectivity index (χ0) is 19.0. The molecule has 0 unspecified atom stereocenters. The quantitative estimate of drug-likeness (QED) is 0.480. The van der Waals surface area contributed by atoms with Crippen molar-refractivity contribution < 1.29 is 34.8 Å². The molecular formula is C19H14O7. The minimum Gasteiger partial charge on any atom is -0.508 e. The highest BCUT2D eigenvalue weighted by molar-refractivity contribution is 6.31. The van der Waals surface area contributed by atoms with Crippen molar-refractivity contribution >= 4 is 17.3 Å². The first-order valence-corrected chi connectivity index (χ1v) is 7.90. The molecule has 0 heterocycles. The van der Waals surface area contributed by atoms with Crippen LogP contribution in [0.5, 0.6) is 17.2 Å². The molecule has 0 saturated heterocycles. The van der Waals surface area contributed by atoms with Gasteiger partial charge in [-0.15, -0.1) is 0 Å². The third-order valence-corrected chi connectivity index (χ3v) is 4.82. The molecule has 2 aromatic rings. The summed E-state index contributed by atoms with van der Waals surface area (Å²) in [6, 6.07) is 3.31. The lowest BCUT2D eigenvalue weighted by molar-refractivity contribution is 0.0408. The number of benzene rings is 2. The summed E-state index contributed by atoms with van der Waals surface area (Å²) in [6.07, 6.45) is -0.182. The number of rotatable bonds is 0. The molecule has 0 fully saturated rings. The Morgan fingerprint density at radius 2 is 1.50 bits per heavy atom. The molecule has 2 aliphatic carbocycles. The van der Waals surface area contributed by atoms with Gasteiger partial charge in [0.05, 0.1) is 22.3 Å². The Hall–Kier alpha value is -3.19. The fraction of sp³-hybridized carbons (Fsp3) is 0.211. The van der Waals surface area contributed by atoms with E-state index in [9.17, 15) is 34.8 Å². The van der Waals surface area contributed by atoms with E-state index in [-0.39, 0.29) is 52.0 Å². The van der Waals surface area contributed by atoms with Crippen LogP contribution in [0.3, 0.4) is 0 Å². The molecule has 0 spiro atoms. The third-order valence-electron chi connectivity index (χ3n) is 4.82. The summed E-state index contributed by atoms with van der Waals surface area (Å²) in [7, 11) is 0. The highest BCUT2D eigenvalue weighted by atomic mass is 16.3. The van der Waals surface area contributed by atoms with Gasteiger partial charge in [0.15, 0.2) is 11.6 Å². The number of aliphatic hydroxyl groups is 1.